The van der Waals surface area contributed by atoms with Gasteiger partial charge in [-0.25, -0.2) is 0 Å². The molecule has 0 unspecified atom stereocenters. The third-order valence-corrected chi connectivity index (χ3v) is 1.62. The summed E-state index contributed by atoms with van der Waals surface area (Å²) >= 11 is 4.93. The van der Waals surface area contributed by atoms with Crippen LogP contribution in [0, 0.1) is 0 Å². The van der Waals surface area contributed by atoms with Crippen LogP contribution in [0.4, 0.5) is 0 Å². The highest BCUT2D eigenvalue weighted by atomic mass is 32.1. The first-order valence-corrected chi connectivity index (χ1v) is 3.36. The van der Waals surface area contributed by atoms with Crippen molar-refractivity contribution < 1.29 is 0 Å². The molecule has 0 spiro atoms. The van der Waals surface area contributed by atoms with Crippen molar-refractivity contribution in [2.24, 2.45) is 5.10 Å². The van der Waals surface area contributed by atoms with Crippen LogP contribution in [0.1, 0.15) is 6.92 Å². The van der Waals surface area contributed by atoms with E-state index in [1.165, 1.54) is 0 Å². The molecule has 1 heterocycles. The topological polar surface area (TPSA) is 18.8 Å². The lowest BCUT2D eigenvalue weighted by molar-refractivity contribution is 0.284. The lowest BCUT2D eigenvalue weighted by atomic mass is 10.6. The summed E-state index contributed by atoms with van der Waals surface area (Å²) in [4.78, 5) is 2.04. The number of hydrogen-bond acceptors (Lipinski definition) is 4. The van der Waals surface area contributed by atoms with Gasteiger partial charge in [-0.15, -0.1) is 0 Å². The maximum atomic E-state index is 4.93. The number of hydrazone groups is 1. The minimum Gasteiger partial charge on any atom is -0.741 e. The number of amidine groups is 1. The molecule has 1 rings (SSSR count). The van der Waals surface area contributed by atoms with E-state index < -0.39 is 0 Å². The first-order chi connectivity index (χ1) is 4.24. The quantitative estimate of drug-likeness (QED) is 0.484. The molecular formula is C5H10N3S-. The third kappa shape index (κ3) is 1.24. The summed E-state index contributed by atoms with van der Waals surface area (Å²) in [7, 11) is 1.92. The van der Waals surface area contributed by atoms with Crippen LogP contribution in [0.3, 0.4) is 0 Å². The Balaban J connectivity index is 2.53. The molecular weight excluding hydrogens is 134 g/mol. The van der Waals surface area contributed by atoms with E-state index in [1.54, 1.807) is 0 Å². The fraction of sp³-hybridized carbons (Fsp3) is 0.800. The molecule has 0 aromatic carbocycles. The highest BCUT2D eigenvalue weighted by Crippen LogP contribution is 2.02. The van der Waals surface area contributed by atoms with Gasteiger partial charge in [0, 0.05) is 18.8 Å². The van der Waals surface area contributed by atoms with Crippen LogP contribution in [0.25, 0.3) is 0 Å². The maximum Gasteiger partial charge on any atom is 0.106 e. The molecule has 0 N–H and O–H groups in total. The molecule has 0 saturated heterocycles. The van der Waals surface area contributed by atoms with Gasteiger partial charge in [0.2, 0.25) is 0 Å². The summed E-state index contributed by atoms with van der Waals surface area (Å²) in [5.41, 5.74) is 0. The molecule has 0 aromatic heterocycles. The molecule has 0 amide bonds. The number of nitrogens with zero attached hydrogens (tertiary/aromatic N) is 3. The molecule has 0 fully saturated rings. The molecule has 0 radical (unpaired) electrons. The Hall–Kier alpha value is -0.510. The Bertz CT molecular complexity index is 134. The predicted molar refractivity (Wildman–Crippen MR) is 39.8 cm³/mol. The van der Waals surface area contributed by atoms with Gasteiger partial charge in [-0.3, -0.25) is 5.01 Å². The Morgan fingerprint density at radius 2 is 2.44 bits per heavy atom. The van der Waals surface area contributed by atoms with Gasteiger partial charge < -0.3 is 17.5 Å². The van der Waals surface area contributed by atoms with E-state index in [0.29, 0.717) is 5.17 Å². The summed E-state index contributed by atoms with van der Waals surface area (Å²) < 4.78 is 0. The fourth-order valence-electron chi connectivity index (χ4n) is 0.784. The van der Waals surface area contributed by atoms with Crippen molar-refractivity contribution in [2.45, 2.75) is 6.92 Å². The van der Waals surface area contributed by atoms with E-state index >= 15 is 0 Å². The zero-order chi connectivity index (χ0) is 6.85. The van der Waals surface area contributed by atoms with Crippen LogP contribution in [-0.2, 0) is 12.6 Å². The second-order valence-corrected chi connectivity index (χ2v) is 2.40. The molecule has 1 aliphatic heterocycles. The summed E-state index contributed by atoms with van der Waals surface area (Å²) in [5, 5.41) is 6.58. The van der Waals surface area contributed by atoms with Crippen LogP contribution in [0.15, 0.2) is 5.10 Å². The molecule has 0 atom stereocenters. The van der Waals surface area contributed by atoms with Crippen molar-refractivity contribution >= 4 is 17.8 Å². The lowest BCUT2D eigenvalue weighted by Gasteiger charge is -2.20. The normalized spacial score (nSPS) is 18.7. The number of hydrogen-bond donors (Lipinski definition) is 0. The van der Waals surface area contributed by atoms with Gasteiger partial charge in [-0.2, -0.15) is 5.10 Å². The van der Waals surface area contributed by atoms with E-state index in [0.717, 1.165) is 13.2 Å². The van der Waals surface area contributed by atoms with Crippen LogP contribution < -0.4 is 0 Å². The summed E-state index contributed by atoms with van der Waals surface area (Å²) in [5.74, 6) is 0. The Morgan fingerprint density at radius 3 is 2.67 bits per heavy atom. The monoisotopic (exact) mass is 144 g/mol. The van der Waals surface area contributed by atoms with E-state index in [2.05, 4.69) is 12.0 Å². The largest absolute Gasteiger partial charge is 0.741 e. The zero-order valence-electron chi connectivity index (χ0n) is 5.66. The van der Waals surface area contributed by atoms with E-state index in [4.69, 9.17) is 12.6 Å². The minimum absolute atomic E-state index is 0.708. The molecule has 52 valence electrons. The van der Waals surface area contributed by atoms with Crippen LogP contribution >= 0.6 is 0 Å². The maximum absolute atomic E-state index is 4.93. The Morgan fingerprint density at radius 1 is 1.78 bits per heavy atom. The lowest BCUT2D eigenvalue weighted by Crippen LogP contribution is -2.28. The Labute approximate surface area is 60.7 Å². The Kier molecular flexibility index (Phi) is 1.75. The highest BCUT2D eigenvalue weighted by Gasteiger charge is 2.07. The van der Waals surface area contributed by atoms with Gasteiger partial charge in [0.1, 0.15) is 6.67 Å². The third-order valence-electron chi connectivity index (χ3n) is 1.28. The second kappa shape index (κ2) is 2.39. The van der Waals surface area contributed by atoms with Crippen molar-refractivity contribution in [3.05, 3.63) is 0 Å². The van der Waals surface area contributed by atoms with Gasteiger partial charge in [0.15, 0.2) is 0 Å². The molecule has 0 bridgehead atoms. The summed E-state index contributed by atoms with van der Waals surface area (Å²) in [6.07, 6.45) is 0. The average Bonchev–Trinajstić information content (AvgIpc) is 2.10. The highest BCUT2D eigenvalue weighted by molar-refractivity contribution is 7.77. The molecule has 9 heavy (non-hydrogen) atoms. The van der Waals surface area contributed by atoms with E-state index in [-0.39, 0.29) is 0 Å². The summed E-state index contributed by atoms with van der Waals surface area (Å²) in [6, 6.07) is 0. The van der Waals surface area contributed by atoms with Gasteiger partial charge in [0.25, 0.3) is 0 Å². The molecule has 0 aromatic rings. The summed E-state index contributed by atoms with van der Waals surface area (Å²) in [6.45, 7) is 3.86. The first kappa shape index (κ1) is 6.61. The van der Waals surface area contributed by atoms with Crippen LogP contribution in [0.5, 0.6) is 0 Å². The van der Waals surface area contributed by atoms with Crippen molar-refractivity contribution in [1.82, 2.24) is 9.91 Å². The van der Waals surface area contributed by atoms with E-state index in [9.17, 15) is 0 Å². The van der Waals surface area contributed by atoms with Crippen LogP contribution in [0.2, 0.25) is 0 Å². The van der Waals surface area contributed by atoms with Crippen molar-refractivity contribution in [3.63, 3.8) is 0 Å². The minimum atomic E-state index is 0.708. The fourth-order valence-corrected chi connectivity index (χ4v) is 1.11. The van der Waals surface area contributed by atoms with Gasteiger partial charge >= 0.3 is 0 Å². The van der Waals surface area contributed by atoms with Gasteiger partial charge in [-0.05, 0) is 6.92 Å². The molecule has 3 nitrogen and oxygen atoms in total. The molecule has 0 saturated carbocycles. The standard InChI is InChI=1S/C5H11N3S/c1-3-8-4-7(2)6-5(8)9/h3-4H2,1-2H3,(H,6,9)/p-1. The van der Waals surface area contributed by atoms with Crippen molar-refractivity contribution in [1.29, 1.82) is 0 Å². The second-order valence-electron chi connectivity index (χ2n) is 2.04. The van der Waals surface area contributed by atoms with Crippen LogP contribution in [-0.4, -0.2) is 35.3 Å². The molecule has 0 aliphatic carbocycles. The van der Waals surface area contributed by atoms with Gasteiger partial charge in [-0.1, -0.05) is 0 Å². The molecule has 1 aliphatic rings. The smallest absolute Gasteiger partial charge is 0.106 e. The average molecular weight is 144 g/mol. The SMILES string of the molecule is CCN1CN(C)N=C1[S-]. The number of rotatable bonds is 1. The van der Waals surface area contributed by atoms with E-state index in [1.807, 2.05) is 17.0 Å². The van der Waals surface area contributed by atoms with Crippen molar-refractivity contribution in [3.8, 4) is 0 Å². The van der Waals surface area contributed by atoms with Crippen molar-refractivity contribution in [2.75, 3.05) is 20.3 Å². The predicted octanol–water partition coefficient (Wildman–Crippen LogP) is 0.0291. The zero-order valence-corrected chi connectivity index (χ0v) is 6.48. The first-order valence-electron chi connectivity index (χ1n) is 2.95. The molecule has 4 heteroatoms. The van der Waals surface area contributed by atoms with Gasteiger partial charge in [0.05, 0.1) is 0 Å².